The molecule has 2 aromatic rings. The molecule has 0 saturated carbocycles. The standard InChI is InChI=1S/C14H15N6O/c15-18-17-8-10-20-13-16-7-4-9-19(13)11-14(20,21)12-5-2-1-3-6-12/h1-7,9,21H,8,10-11H2/q+1. The van der Waals surface area contributed by atoms with Gasteiger partial charge in [0.1, 0.15) is 12.7 Å². The maximum Gasteiger partial charge on any atom is 0.396 e. The van der Waals surface area contributed by atoms with Crippen LogP contribution in [0.5, 0.6) is 0 Å². The molecule has 3 rings (SSSR count). The summed E-state index contributed by atoms with van der Waals surface area (Å²) in [4.78, 5) is 8.87. The van der Waals surface area contributed by atoms with Crippen LogP contribution in [0.1, 0.15) is 5.56 Å². The molecule has 0 fully saturated rings. The Balaban J connectivity index is 2.02. The molecule has 1 aliphatic rings. The molecular weight excluding hydrogens is 268 g/mol. The van der Waals surface area contributed by atoms with Gasteiger partial charge in [-0.1, -0.05) is 40.4 Å². The van der Waals surface area contributed by atoms with Crippen molar-refractivity contribution < 1.29 is 9.67 Å². The average molecular weight is 283 g/mol. The number of aromatic nitrogens is 2. The van der Waals surface area contributed by atoms with E-state index in [0.29, 0.717) is 19.0 Å². The number of anilines is 1. The minimum Gasteiger partial charge on any atom is -0.353 e. The maximum absolute atomic E-state index is 11.2. The first-order valence-corrected chi connectivity index (χ1v) is 6.66. The number of azide groups is 1. The van der Waals surface area contributed by atoms with E-state index in [1.165, 1.54) is 0 Å². The molecule has 1 atom stereocenters. The highest BCUT2D eigenvalue weighted by Crippen LogP contribution is 2.33. The number of rotatable bonds is 4. The van der Waals surface area contributed by atoms with Crippen LogP contribution in [0.25, 0.3) is 10.4 Å². The van der Waals surface area contributed by atoms with Gasteiger partial charge in [0.05, 0.1) is 19.3 Å². The molecule has 1 unspecified atom stereocenters. The Bertz CT molecular complexity index is 685. The third-order valence-electron chi connectivity index (χ3n) is 3.60. The van der Waals surface area contributed by atoms with Crippen LogP contribution >= 0.6 is 0 Å². The Morgan fingerprint density at radius 3 is 2.95 bits per heavy atom. The summed E-state index contributed by atoms with van der Waals surface area (Å²) in [6, 6.07) is 11.3. The van der Waals surface area contributed by atoms with E-state index in [0.717, 1.165) is 5.56 Å². The molecule has 1 aliphatic heterocycles. The van der Waals surface area contributed by atoms with Crippen molar-refractivity contribution in [3.63, 3.8) is 0 Å². The zero-order valence-electron chi connectivity index (χ0n) is 11.4. The Morgan fingerprint density at radius 1 is 1.38 bits per heavy atom. The summed E-state index contributed by atoms with van der Waals surface area (Å²) >= 11 is 0. The Morgan fingerprint density at radius 2 is 2.19 bits per heavy atom. The Labute approximate surface area is 121 Å². The van der Waals surface area contributed by atoms with Gasteiger partial charge in [-0.15, -0.1) is 0 Å². The molecule has 7 heteroatoms. The summed E-state index contributed by atoms with van der Waals surface area (Å²) in [5.41, 5.74) is 8.04. The predicted molar refractivity (Wildman–Crippen MR) is 76.1 cm³/mol. The molecule has 1 aromatic heterocycles. The second-order valence-electron chi connectivity index (χ2n) is 4.84. The molecule has 2 heterocycles. The molecule has 0 bridgehead atoms. The second-order valence-corrected chi connectivity index (χ2v) is 4.84. The SMILES string of the molecule is [N-]=[N+]=NCCN1c2nccc[n+]2CC1(O)c1ccccc1. The van der Waals surface area contributed by atoms with Gasteiger partial charge in [0.2, 0.25) is 5.72 Å². The summed E-state index contributed by atoms with van der Waals surface area (Å²) < 4.78 is 1.89. The number of nitrogens with zero attached hydrogens (tertiary/aromatic N) is 6. The fourth-order valence-corrected chi connectivity index (χ4v) is 2.66. The van der Waals surface area contributed by atoms with Gasteiger partial charge in [-0.2, -0.15) is 0 Å². The monoisotopic (exact) mass is 283 g/mol. The largest absolute Gasteiger partial charge is 0.396 e. The zero-order valence-corrected chi connectivity index (χ0v) is 11.4. The van der Waals surface area contributed by atoms with Gasteiger partial charge in [-0.05, 0) is 5.53 Å². The maximum atomic E-state index is 11.2. The van der Waals surface area contributed by atoms with Gasteiger partial charge in [0.15, 0.2) is 0 Å². The number of hydrogen-bond donors (Lipinski definition) is 1. The van der Waals surface area contributed by atoms with E-state index >= 15 is 0 Å². The number of benzene rings is 1. The van der Waals surface area contributed by atoms with Crippen LogP contribution in [-0.2, 0) is 12.3 Å². The first-order chi connectivity index (χ1) is 10.3. The van der Waals surface area contributed by atoms with Gasteiger partial charge >= 0.3 is 5.95 Å². The van der Waals surface area contributed by atoms with Crippen molar-refractivity contribution in [3.05, 3.63) is 64.8 Å². The van der Waals surface area contributed by atoms with E-state index in [-0.39, 0.29) is 6.54 Å². The van der Waals surface area contributed by atoms with E-state index in [1.54, 1.807) is 11.1 Å². The predicted octanol–water partition coefficient (Wildman–Crippen LogP) is 1.34. The summed E-state index contributed by atoms with van der Waals surface area (Å²) in [7, 11) is 0. The van der Waals surface area contributed by atoms with Gasteiger partial charge in [0.25, 0.3) is 0 Å². The number of fused-ring (bicyclic) bond motifs is 1. The number of hydrogen-bond acceptors (Lipinski definition) is 4. The van der Waals surface area contributed by atoms with Gasteiger partial charge in [-0.25, -0.2) is 9.47 Å². The molecular formula is C14H15N6O+. The van der Waals surface area contributed by atoms with Crippen molar-refractivity contribution >= 4 is 5.95 Å². The van der Waals surface area contributed by atoms with Crippen molar-refractivity contribution in [1.29, 1.82) is 0 Å². The molecule has 106 valence electrons. The summed E-state index contributed by atoms with van der Waals surface area (Å²) in [6.07, 6.45) is 3.56. The van der Waals surface area contributed by atoms with Crippen molar-refractivity contribution in [2.24, 2.45) is 5.11 Å². The van der Waals surface area contributed by atoms with E-state index in [9.17, 15) is 5.11 Å². The fourth-order valence-electron chi connectivity index (χ4n) is 2.66. The van der Waals surface area contributed by atoms with Crippen molar-refractivity contribution in [1.82, 2.24) is 4.98 Å². The minimum absolute atomic E-state index is 0.266. The zero-order chi connectivity index (χ0) is 14.7. The molecule has 1 N–H and O–H groups in total. The first kappa shape index (κ1) is 13.4. The lowest BCUT2D eigenvalue weighted by Crippen LogP contribution is -2.46. The van der Waals surface area contributed by atoms with Crippen LogP contribution in [-0.4, -0.2) is 23.2 Å². The lowest BCUT2D eigenvalue weighted by atomic mass is 10.0. The fraction of sp³-hybridized carbons (Fsp3) is 0.286. The molecule has 1 aromatic carbocycles. The Kier molecular flexibility index (Phi) is 3.43. The van der Waals surface area contributed by atoms with Crippen molar-refractivity contribution in [2.45, 2.75) is 12.3 Å². The van der Waals surface area contributed by atoms with Crippen molar-refractivity contribution in [3.8, 4) is 0 Å². The molecule has 21 heavy (non-hydrogen) atoms. The van der Waals surface area contributed by atoms with E-state index < -0.39 is 5.72 Å². The summed E-state index contributed by atoms with van der Waals surface area (Å²) in [5, 5.41) is 14.7. The minimum atomic E-state index is -1.19. The lowest BCUT2D eigenvalue weighted by Gasteiger charge is -2.27. The quantitative estimate of drug-likeness (QED) is 0.397. The smallest absolute Gasteiger partial charge is 0.353 e. The molecule has 0 amide bonds. The summed E-state index contributed by atoms with van der Waals surface area (Å²) in [6.45, 7) is 1.05. The highest BCUT2D eigenvalue weighted by atomic mass is 16.3. The third-order valence-corrected chi connectivity index (χ3v) is 3.60. The average Bonchev–Trinajstić information content (AvgIpc) is 2.82. The molecule has 0 saturated heterocycles. The normalized spacial score (nSPS) is 20.0. The highest BCUT2D eigenvalue weighted by Gasteiger charge is 2.50. The van der Waals surface area contributed by atoms with E-state index in [4.69, 9.17) is 5.53 Å². The Hall–Kier alpha value is -2.63. The van der Waals surface area contributed by atoms with Crippen LogP contribution < -0.4 is 9.47 Å². The molecule has 0 aliphatic carbocycles. The van der Waals surface area contributed by atoms with Crippen LogP contribution in [0.3, 0.4) is 0 Å². The molecule has 7 nitrogen and oxygen atoms in total. The van der Waals surface area contributed by atoms with Crippen LogP contribution in [0, 0.1) is 0 Å². The van der Waals surface area contributed by atoms with Crippen LogP contribution in [0.4, 0.5) is 5.95 Å². The van der Waals surface area contributed by atoms with Crippen LogP contribution in [0.2, 0.25) is 0 Å². The topological polar surface area (TPSA) is 89.0 Å². The number of aliphatic hydroxyl groups is 1. The van der Waals surface area contributed by atoms with E-state index in [1.807, 2.05) is 47.2 Å². The van der Waals surface area contributed by atoms with E-state index in [2.05, 4.69) is 15.0 Å². The summed E-state index contributed by atoms with van der Waals surface area (Å²) in [5.74, 6) is 0.664. The first-order valence-electron chi connectivity index (χ1n) is 6.66. The van der Waals surface area contributed by atoms with Gasteiger partial charge in [0, 0.05) is 16.5 Å². The molecule has 0 radical (unpaired) electrons. The molecule has 0 spiro atoms. The lowest BCUT2D eigenvalue weighted by molar-refractivity contribution is -0.685. The highest BCUT2D eigenvalue weighted by molar-refractivity contribution is 5.38. The van der Waals surface area contributed by atoms with Crippen LogP contribution in [0.15, 0.2) is 53.9 Å². The third kappa shape index (κ3) is 2.29. The second kappa shape index (κ2) is 5.40. The van der Waals surface area contributed by atoms with Crippen molar-refractivity contribution in [2.75, 3.05) is 18.0 Å². The van der Waals surface area contributed by atoms with Gasteiger partial charge in [-0.3, -0.25) is 0 Å². The van der Waals surface area contributed by atoms with Gasteiger partial charge < -0.3 is 5.11 Å².